The summed E-state index contributed by atoms with van der Waals surface area (Å²) in [5.41, 5.74) is 0.0364. The van der Waals surface area contributed by atoms with E-state index < -0.39 is 0 Å². The van der Waals surface area contributed by atoms with E-state index in [0.29, 0.717) is 18.4 Å². The average Bonchev–Trinajstić information content (AvgIpc) is 3.00. The molecule has 0 bridgehead atoms. The molecule has 0 saturated heterocycles. The summed E-state index contributed by atoms with van der Waals surface area (Å²) in [6.45, 7) is 6.46. The monoisotopic (exact) mass is 210 g/mol. The molecule has 0 spiro atoms. The van der Waals surface area contributed by atoms with Crippen LogP contribution in [0.25, 0.3) is 0 Å². The Bertz CT molecular complexity index is 295. The minimum atomic E-state index is -0.0796. The summed E-state index contributed by atoms with van der Waals surface area (Å²) in [6.07, 6.45) is 1.99. The second kappa shape index (κ2) is 3.32. The van der Waals surface area contributed by atoms with Gasteiger partial charge in [0.05, 0.1) is 12.5 Å². The molecule has 3 heteroatoms. The normalized spacial score (nSPS) is 40.7. The fourth-order valence-corrected chi connectivity index (χ4v) is 2.96. The van der Waals surface area contributed by atoms with E-state index in [2.05, 4.69) is 13.8 Å². The van der Waals surface area contributed by atoms with Crippen molar-refractivity contribution in [1.29, 1.82) is 0 Å². The molecule has 2 aliphatic carbocycles. The quantitative estimate of drug-likeness (QED) is 0.523. The van der Waals surface area contributed by atoms with Gasteiger partial charge in [0.15, 0.2) is 0 Å². The fraction of sp³-hybridized carbons (Fsp3) is 0.833. The molecule has 3 nitrogen and oxygen atoms in total. The first-order chi connectivity index (χ1) is 7.04. The van der Waals surface area contributed by atoms with Crippen LogP contribution < -0.4 is 0 Å². The van der Waals surface area contributed by atoms with E-state index in [0.717, 1.165) is 12.7 Å². The minimum absolute atomic E-state index is 0.0207. The highest BCUT2D eigenvalue weighted by Crippen LogP contribution is 2.68. The first-order valence-electron chi connectivity index (χ1n) is 5.66. The first-order valence-corrected chi connectivity index (χ1v) is 5.66. The van der Waals surface area contributed by atoms with Gasteiger partial charge in [-0.15, -0.1) is 0 Å². The van der Waals surface area contributed by atoms with Crippen LogP contribution in [0.4, 0.5) is 0 Å². The predicted octanol–water partition coefficient (Wildman–Crippen LogP) is 1.66. The minimum Gasteiger partial charge on any atom is -0.466 e. The van der Waals surface area contributed by atoms with E-state index in [4.69, 9.17) is 4.74 Å². The molecule has 0 aromatic heterocycles. The summed E-state index contributed by atoms with van der Waals surface area (Å²) in [4.78, 5) is 22.3. The Morgan fingerprint density at radius 1 is 1.53 bits per heavy atom. The zero-order valence-electron chi connectivity index (χ0n) is 9.53. The largest absolute Gasteiger partial charge is 0.466 e. The predicted molar refractivity (Wildman–Crippen MR) is 55.1 cm³/mol. The van der Waals surface area contributed by atoms with Crippen molar-refractivity contribution in [2.75, 3.05) is 6.61 Å². The number of carbonyl (C=O) groups excluding carboxylic acids is 2. The summed E-state index contributed by atoms with van der Waals surface area (Å²) in [5.74, 6) is 0.948. The maximum Gasteiger partial charge on any atom is 0.309 e. The summed E-state index contributed by atoms with van der Waals surface area (Å²) >= 11 is 0. The molecule has 0 N–H and O–H groups in total. The van der Waals surface area contributed by atoms with E-state index >= 15 is 0 Å². The lowest BCUT2D eigenvalue weighted by molar-refractivity contribution is -0.145. The molecular formula is C12H18O3. The van der Waals surface area contributed by atoms with Crippen LogP contribution in [0.15, 0.2) is 0 Å². The molecule has 4 atom stereocenters. The Balaban J connectivity index is 1.98. The fourth-order valence-electron chi connectivity index (χ4n) is 2.96. The lowest BCUT2D eigenvalue weighted by Crippen LogP contribution is -2.10. The van der Waals surface area contributed by atoms with Crippen molar-refractivity contribution in [2.45, 2.75) is 27.2 Å². The Morgan fingerprint density at radius 3 is 2.67 bits per heavy atom. The van der Waals surface area contributed by atoms with Crippen LogP contribution in [0.2, 0.25) is 0 Å². The SMILES string of the molecule is CCOC(=O)[C@@H]1[C@H]([C@H]2C[C@@H]2C=O)C1(C)C. The van der Waals surface area contributed by atoms with Crippen LogP contribution in [-0.4, -0.2) is 18.9 Å². The number of aldehydes is 1. The maximum atomic E-state index is 11.6. The molecule has 0 unspecified atom stereocenters. The van der Waals surface area contributed by atoms with E-state index in [-0.39, 0.29) is 23.2 Å². The topological polar surface area (TPSA) is 43.4 Å². The number of hydrogen-bond acceptors (Lipinski definition) is 3. The average molecular weight is 210 g/mol. The molecule has 84 valence electrons. The van der Waals surface area contributed by atoms with E-state index in [9.17, 15) is 9.59 Å². The maximum absolute atomic E-state index is 11.6. The second-order valence-electron chi connectivity index (χ2n) is 5.28. The second-order valence-corrected chi connectivity index (χ2v) is 5.28. The van der Waals surface area contributed by atoms with Crippen molar-refractivity contribution >= 4 is 12.3 Å². The van der Waals surface area contributed by atoms with Gasteiger partial charge in [-0.2, -0.15) is 0 Å². The molecule has 0 aromatic rings. The highest BCUT2D eigenvalue weighted by Gasteiger charge is 2.69. The summed E-state index contributed by atoms with van der Waals surface area (Å²) in [6, 6.07) is 0. The first kappa shape index (κ1) is 10.7. The van der Waals surface area contributed by atoms with Gasteiger partial charge in [-0.1, -0.05) is 13.8 Å². The summed E-state index contributed by atoms with van der Waals surface area (Å²) < 4.78 is 5.05. The van der Waals surface area contributed by atoms with Gasteiger partial charge < -0.3 is 9.53 Å². The van der Waals surface area contributed by atoms with Crippen molar-refractivity contribution in [2.24, 2.45) is 29.1 Å². The zero-order valence-corrected chi connectivity index (χ0v) is 9.53. The van der Waals surface area contributed by atoms with E-state index in [1.807, 2.05) is 6.92 Å². The Hall–Kier alpha value is -0.860. The molecule has 0 radical (unpaired) electrons. The van der Waals surface area contributed by atoms with Gasteiger partial charge in [0.1, 0.15) is 6.29 Å². The third kappa shape index (κ3) is 1.58. The summed E-state index contributed by atoms with van der Waals surface area (Å²) in [7, 11) is 0. The van der Waals surface area contributed by atoms with E-state index in [1.54, 1.807) is 0 Å². The highest BCUT2D eigenvalue weighted by molar-refractivity contribution is 5.78. The van der Waals surface area contributed by atoms with Crippen molar-refractivity contribution in [3.05, 3.63) is 0 Å². The molecule has 2 rings (SSSR count). The Kier molecular flexibility index (Phi) is 2.36. The van der Waals surface area contributed by atoms with Crippen molar-refractivity contribution in [1.82, 2.24) is 0 Å². The molecule has 0 aromatic carbocycles. The van der Waals surface area contributed by atoms with Gasteiger partial charge in [0.25, 0.3) is 0 Å². The van der Waals surface area contributed by atoms with Gasteiger partial charge in [0, 0.05) is 5.92 Å². The summed E-state index contributed by atoms with van der Waals surface area (Å²) in [5, 5.41) is 0. The van der Waals surface area contributed by atoms with Crippen LogP contribution >= 0.6 is 0 Å². The molecule has 2 fully saturated rings. The van der Waals surface area contributed by atoms with Crippen LogP contribution in [0.5, 0.6) is 0 Å². The van der Waals surface area contributed by atoms with Crippen molar-refractivity contribution in [3.63, 3.8) is 0 Å². The zero-order chi connectivity index (χ0) is 11.2. The number of carbonyl (C=O) groups is 2. The van der Waals surface area contributed by atoms with Crippen LogP contribution in [0.1, 0.15) is 27.2 Å². The van der Waals surface area contributed by atoms with Gasteiger partial charge in [-0.05, 0) is 30.6 Å². The number of hydrogen-bond donors (Lipinski definition) is 0. The van der Waals surface area contributed by atoms with Gasteiger partial charge in [0.2, 0.25) is 0 Å². The Morgan fingerprint density at radius 2 is 2.20 bits per heavy atom. The number of esters is 1. The van der Waals surface area contributed by atoms with Crippen LogP contribution in [0.3, 0.4) is 0 Å². The molecule has 2 saturated carbocycles. The molecular weight excluding hydrogens is 192 g/mol. The number of rotatable bonds is 4. The smallest absolute Gasteiger partial charge is 0.309 e. The van der Waals surface area contributed by atoms with Gasteiger partial charge in [-0.3, -0.25) is 4.79 Å². The lowest BCUT2D eigenvalue weighted by Gasteiger charge is -2.01. The van der Waals surface area contributed by atoms with Crippen molar-refractivity contribution < 1.29 is 14.3 Å². The standard InChI is InChI=1S/C12H18O3/c1-4-15-11(14)10-9(12(10,2)3)8-5-7(8)6-13/h6-10H,4-5H2,1-3H3/t7-,8+,9+,10+/m1/s1. The van der Waals surface area contributed by atoms with E-state index in [1.165, 1.54) is 0 Å². The van der Waals surface area contributed by atoms with Gasteiger partial charge in [-0.25, -0.2) is 0 Å². The van der Waals surface area contributed by atoms with Crippen LogP contribution in [0, 0.1) is 29.1 Å². The molecule has 0 amide bonds. The molecule has 15 heavy (non-hydrogen) atoms. The third-order valence-electron chi connectivity index (χ3n) is 3.98. The molecule has 2 aliphatic rings. The van der Waals surface area contributed by atoms with Crippen LogP contribution in [-0.2, 0) is 14.3 Å². The third-order valence-corrected chi connectivity index (χ3v) is 3.98. The number of ether oxygens (including phenoxy) is 1. The molecule has 0 heterocycles. The van der Waals surface area contributed by atoms with Crippen molar-refractivity contribution in [3.8, 4) is 0 Å². The van der Waals surface area contributed by atoms with Gasteiger partial charge >= 0.3 is 5.97 Å². The molecule has 0 aliphatic heterocycles. The lowest BCUT2D eigenvalue weighted by atomic mass is 10.1. The Labute approximate surface area is 90.2 Å². The highest BCUT2D eigenvalue weighted by atomic mass is 16.5.